The molecule has 26 heavy (non-hydrogen) atoms. The summed E-state index contributed by atoms with van der Waals surface area (Å²) in [4.78, 5) is 17.0. The minimum atomic E-state index is -0.337. The minimum Gasteiger partial charge on any atom is -0.322 e. The number of aromatic amines is 1. The van der Waals surface area contributed by atoms with Crippen LogP contribution in [0.2, 0.25) is 0 Å². The van der Waals surface area contributed by atoms with E-state index in [0.29, 0.717) is 11.0 Å². The van der Waals surface area contributed by atoms with Crippen molar-refractivity contribution in [1.29, 1.82) is 0 Å². The number of rotatable bonds is 5. The van der Waals surface area contributed by atoms with Crippen molar-refractivity contribution in [2.45, 2.75) is 38.1 Å². The normalized spacial score (nSPS) is 12.2. The molecule has 136 valence electrons. The number of aromatic nitrogens is 5. The van der Waals surface area contributed by atoms with Gasteiger partial charge in [0.15, 0.2) is 5.82 Å². The molecule has 2 N–H and O–H groups in total. The average molecular weight is 370 g/mol. The van der Waals surface area contributed by atoms with Crippen LogP contribution in [0.25, 0.3) is 11.4 Å². The van der Waals surface area contributed by atoms with E-state index < -0.39 is 0 Å². The molecule has 7 nitrogen and oxygen atoms in total. The number of anilines is 1. The van der Waals surface area contributed by atoms with Gasteiger partial charge < -0.3 is 5.32 Å². The lowest BCUT2D eigenvalue weighted by atomic mass is 10.1. The van der Waals surface area contributed by atoms with Crippen LogP contribution in [0.3, 0.4) is 0 Å². The maximum Gasteiger partial charge on any atom is 0.237 e. The van der Waals surface area contributed by atoms with Gasteiger partial charge in [-0.25, -0.2) is 4.98 Å². The Balaban J connectivity index is 1.67. The number of hydrogen-bond donors (Lipinski definition) is 2. The molecule has 2 heterocycles. The standard InChI is InChI=1S/C18H22N6OS/c1-10-6-8-14(9-7-10)16-20-18(22-21-16)26-13(4)17(25)19-15-11(2)23-24(5)12(15)3/h6-9,13H,1-5H3,(H,19,25)(H,20,21,22)/t13-/m1/s1. The molecule has 0 unspecified atom stereocenters. The number of aryl methyl sites for hydroxylation is 3. The number of carbonyl (C=O) groups is 1. The highest BCUT2D eigenvalue weighted by Gasteiger charge is 2.20. The van der Waals surface area contributed by atoms with E-state index in [4.69, 9.17) is 0 Å². The molecule has 0 aliphatic carbocycles. The first kappa shape index (κ1) is 18.2. The van der Waals surface area contributed by atoms with E-state index in [1.54, 1.807) is 4.68 Å². The van der Waals surface area contributed by atoms with Crippen molar-refractivity contribution in [3.63, 3.8) is 0 Å². The molecule has 0 saturated carbocycles. The molecule has 3 aromatic rings. The second-order valence-corrected chi connectivity index (χ2v) is 7.56. The Bertz CT molecular complexity index is 928. The fraction of sp³-hybridized carbons (Fsp3) is 0.333. The third kappa shape index (κ3) is 3.80. The van der Waals surface area contributed by atoms with E-state index in [1.165, 1.54) is 17.3 Å². The van der Waals surface area contributed by atoms with Gasteiger partial charge >= 0.3 is 0 Å². The molecular formula is C18H22N6OS. The van der Waals surface area contributed by atoms with Gasteiger partial charge in [-0.1, -0.05) is 41.6 Å². The molecule has 0 fully saturated rings. The van der Waals surface area contributed by atoms with Gasteiger partial charge in [0.2, 0.25) is 11.1 Å². The van der Waals surface area contributed by atoms with Gasteiger partial charge in [0.25, 0.3) is 0 Å². The van der Waals surface area contributed by atoms with Crippen molar-refractivity contribution in [2.24, 2.45) is 7.05 Å². The van der Waals surface area contributed by atoms with E-state index in [1.807, 2.05) is 59.0 Å². The first-order chi connectivity index (χ1) is 12.3. The van der Waals surface area contributed by atoms with Crippen LogP contribution in [0.1, 0.15) is 23.9 Å². The Morgan fingerprint density at radius 2 is 1.92 bits per heavy atom. The van der Waals surface area contributed by atoms with Crippen LogP contribution < -0.4 is 5.32 Å². The molecular weight excluding hydrogens is 348 g/mol. The third-order valence-electron chi connectivity index (χ3n) is 4.20. The topological polar surface area (TPSA) is 88.5 Å². The number of hydrogen-bond acceptors (Lipinski definition) is 5. The summed E-state index contributed by atoms with van der Waals surface area (Å²) in [6.45, 7) is 7.68. The summed E-state index contributed by atoms with van der Waals surface area (Å²) in [6.07, 6.45) is 0. The Kier molecular flexibility index (Phi) is 5.13. The number of amides is 1. The van der Waals surface area contributed by atoms with Crippen molar-refractivity contribution in [3.8, 4) is 11.4 Å². The van der Waals surface area contributed by atoms with E-state index in [0.717, 1.165) is 22.6 Å². The van der Waals surface area contributed by atoms with Gasteiger partial charge in [0.05, 0.1) is 22.3 Å². The van der Waals surface area contributed by atoms with Gasteiger partial charge in [-0.3, -0.25) is 14.6 Å². The average Bonchev–Trinajstić information content (AvgIpc) is 3.15. The van der Waals surface area contributed by atoms with Crippen molar-refractivity contribution < 1.29 is 4.79 Å². The molecule has 0 bridgehead atoms. The van der Waals surface area contributed by atoms with Gasteiger partial charge in [-0.05, 0) is 27.7 Å². The summed E-state index contributed by atoms with van der Waals surface area (Å²) < 4.78 is 1.76. The fourth-order valence-electron chi connectivity index (χ4n) is 2.53. The van der Waals surface area contributed by atoms with Crippen molar-refractivity contribution in [1.82, 2.24) is 25.0 Å². The molecule has 1 amide bonds. The van der Waals surface area contributed by atoms with Crippen LogP contribution in [-0.4, -0.2) is 36.1 Å². The number of nitrogens with one attached hydrogen (secondary N) is 2. The molecule has 2 aromatic heterocycles. The monoisotopic (exact) mass is 370 g/mol. The quantitative estimate of drug-likeness (QED) is 0.673. The molecule has 3 rings (SSSR count). The van der Waals surface area contributed by atoms with Crippen molar-refractivity contribution in [3.05, 3.63) is 41.2 Å². The van der Waals surface area contributed by atoms with Crippen LogP contribution in [0, 0.1) is 20.8 Å². The molecule has 0 aliphatic heterocycles. The summed E-state index contributed by atoms with van der Waals surface area (Å²) >= 11 is 1.32. The Morgan fingerprint density at radius 3 is 2.54 bits per heavy atom. The lowest BCUT2D eigenvalue weighted by molar-refractivity contribution is -0.115. The van der Waals surface area contributed by atoms with E-state index in [9.17, 15) is 4.79 Å². The number of H-pyrrole nitrogens is 1. The third-order valence-corrected chi connectivity index (χ3v) is 5.16. The van der Waals surface area contributed by atoms with E-state index in [2.05, 4.69) is 25.6 Å². The van der Waals surface area contributed by atoms with E-state index >= 15 is 0 Å². The summed E-state index contributed by atoms with van der Waals surface area (Å²) in [5.74, 6) is 0.593. The predicted octanol–water partition coefficient (Wildman–Crippen LogP) is 3.25. The Hall–Kier alpha value is -2.61. The van der Waals surface area contributed by atoms with Gasteiger partial charge in [-0.2, -0.15) is 5.10 Å². The minimum absolute atomic E-state index is 0.101. The smallest absolute Gasteiger partial charge is 0.237 e. The van der Waals surface area contributed by atoms with Gasteiger partial charge in [-0.15, -0.1) is 5.10 Å². The van der Waals surface area contributed by atoms with E-state index in [-0.39, 0.29) is 11.2 Å². The summed E-state index contributed by atoms with van der Waals surface area (Å²) in [6, 6.07) is 8.04. The zero-order chi connectivity index (χ0) is 18.8. The van der Waals surface area contributed by atoms with Gasteiger partial charge in [0.1, 0.15) is 0 Å². The number of carbonyl (C=O) groups excluding carboxylic acids is 1. The second-order valence-electron chi connectivity index (χ2n) is 6.25. The molecule has 1 atom stereocenters. The van der Waals surface area contributed by atoms with Crippen LogP contribution in [0.15, 0.2) is 29.4 Å². The van der Waals surface area contributed by atoms with Crippen LogP contribution in [-0.2, 0) is 11.8 Å². The second kappa shape index (κ2) is 7.33. The molecule has 0 radical (unpaired) electrons. The molecule has 0 spiro atoms. The van der Waals surface area contributed by atoms with Crippen LogP contribution >= 0.6 is 11.8 Å². The molecule has 8 heteroatoms. The largest absolute Gasteiger partial charge is 0.322 e. The first-order valence-corrected chi connectivity index (χ1v) is 9.20. The van der Waals surface area contributed by atoms with Crippen LogP contribution in [0.5, 0.6) is 0 Å². The van der Waals surface area contributed by atoms with Crippen molar-refractivity contribution >= 4 is 23.4 Å². The highest BCUT2D eigenvalue weighted by atomic mass is 32.2. The number of thioether (sulfide) groups is 1. The zero-order valence-corrected chi connectivity index (χ0v) is 16.3. The van der Waals surface area contributed by atoms with Crippen molar-refractivity contribution in [2.75, 3.05) is 5.32 Å². The highest BCUT2D eigenvalue weighted by Crippen LogP contribution is 2.25. The Labute approximate surface area is 156 Å². The number of nitrogens with zero attached hydrogens (tertiary/aromatic N) is 4. The molecule has 0 saturated heterocycles. The zero-order valence-electron chi connectivity index (χ0n) is 15.5. The summed E-state index contributed by atoms with van der Waals surface area (Å²) in [7, 11) is 1.86. The molecule has 1 aromatic carbocycles. The highest BCUT2D eigenvalue weighted by molar-refractivity contribution is 8.00. The SMILES string of the molecule is Cc1ccc(-c2nc(S[C@H](C)C(=O)Nc3c(C)nn(C)c3C)n[nH]2)cc1. The fourth-order valence-corrected chi connectivity index (χ4v) is 3.26. The predicted molar refractivity (Wildman–Crippen MR) is 103 cm³/mol. The Morgan fingerprint density at radius 1 is 1.23 bits per heavy atom. The van der Waals surface area contributed by atoms with Gasteiger partial charge in [0, 0.05) is 12.6 Å². The summed E-state index contributed by atoms with van der Waals surface area (Å²) in [5.41, 5.74) is 4.64. The maximum absolute atomic E-state index is 12.5. The summed E-state index contributed by atoms with van der Waals surface area (Å²) in [5, 5.41) is 14.6. The first-order valence-electron chi connectivity index (χ1n) is 8.32. The lowest BCUT2D eigenvalue weighted by Gasteiger charge is -2.10. The number of benzene rings is 1. The lowest BCUT2D eigenvalue weighted by Crippen LogP contribution is -2.23. The van der Waals surface area contributed by atoms with Crippen LogP contribution in [0.4, 0.5) is 5.69 Å². The maximum atomic E-state index is 12.5. The molecule has 0 aliphatic rings.